The van der Waals surface area contributed by atoms with Crippen LogP contribution < -0.4 is 10.6 Å². The summed E-state index contributed by atoms with van der Waals surface area (Å²) >= 11 is 0. The number of carboxylic acid groups (broad SMARTS) is 1. The van der Waals surface area contributed by atoms with Gasteiger partial charge in [0.05, 0.1) is 6.42 Å². The van der Waals surface area contributed by atoms with Crippen molar-refractivity contribution in [3.05, 3.63) is 29.8 Å². The lowest BCUT2D eigenvalue weighted by Crippen LogP contribution is -2.30. The molecule has 0 bridgehead atoms. The van der Waals surface area contributed by atoms with Gasteiger partial charge in [-0.05, 0) is 24.1 Å². The molecule has 0 unspecified atom stereocenters. The monoisotopic (exact) mass is 304 g/mol. The number of rotatable bonds is 6. The Morgan fingerprint density at radius 1 is 1.24 bits per heavy atom. The number of alkyl halides is 3. The van der Waals surface area contributed by atoms with E-state index in [0.29, 0.717) is 11.3 Å². The molecule has 21 heavy (non-hydrogen) atoms. The van der Waals surface area contributed by atoms with Crippen LogP contribution in [0.2, 0.25) is 0 Å². The van der Waals surface area contributed by atoms with Crippen LogP contribution in [0.4, 0.5) is 23.7 Å². The molecule has 0 aliphatic rings. The quantitative estimate of drug-likeness (QED) is 0.707. The summed E-state index contributed by atoms with van der Waals surface area (Å²) in [6, 6.07) is 5.59. The molecular weight excluding hydrogens is 289 g/mol. The van der Waals surface area contributed by atoms with Gasteiger partial charge in [-0.2, -0.15) is 13.2 Å². The molecule has 0 saturated carbocycles. The summed E-state index contributed by atoms with van der Waals surface area (Å²) in [4.78, 5) is 22.0. The number of amides is 2. The molecule has 0 radical (unpaired) electrons. The van der Waals surface area contributed by atoms with Crippen molar-refractivity contribution >= 4 is 17.7 Å². The van der Waals surface area contributed by atoms with Crippen LogP contribution in [0.25, 0.3) is 0 Å². The average molecular weight is 304 g/mol. The zero-order valence-corrected chi connectivity index (χ0v) is 11.0. The van der Waals surface area contributed by atoms with Gasteiger partial charge >= 0.3 is 18.2 Å². The first-order valence-electron chi connectivity index (χ1n) is 6.18. The Morgan fingerprint density at radius 2 is 1.95 bits per heavy atom. The van der Waals surface area contributed by atoms with Gasteiger partial charge in [-0.3, -0.25) is 4.79 Å². The van der Waals surface area contributed by atoms with Crippen molar-refractivity contribution in [1.29, 1.82) is 0 Å². The van der Waals surface area contributed by atoms with Gasteiger partial charge in [0.25, 0.3) is 0 Å². The topological polar surface area (TPSA) is 78.4 Å². The number of urea groups is 1. The van der Waals surface area contributed by atoms with Crippen LogP contribution >= 0.6 is 0 Å². The van der Waals surface area contributed by atoms with Gasteiger partial charge in [0.1, 0.15) is 0 Å². The number of benzene rings is 1. The molecule has 8 heteroatoms. The maximum atomic E-state index is 11.9. The summed E-state index contributed by atoms with van der Waals surface area (Å²) in [5.41, 5.74) is 0.888. The molecule has 0 spiro atoms. The molecule has 0 fully saturated rings. The van der Waals surface area contributed by atoms with E-state index in [1.54, 1.807) is 18.2 Å². The van der Waals surface area contributed by atoms with Gasteiger partial charge in [-0.25, -0.2) is 4.79 Å². The molecule has 1 rings (SSSR count). The third kappa shape index (κ3) is 7.81. The molecule has 5 nitrogen and oxygen atoms in total. The molecular formula is C13H15F3N2O3. The smallest absolute Gasteiger partial charge is 0.389 e. The highest BCUT2D eigenvalue weighted by atomic mass is 19.4. The first kappa shape index (κ1) is 16.8. The third-order valence-electron chi connectivity index (χ3n) is 2.46. The maximum Gasteiger partial charge on any atom is 0.389 e. The minimum absolute atomic E-state index is 0.0971. The maximum absolute atomic E-state index is 11.9. The van der Waals surface area contributed by atoms with Crippen LogP contribution in [0.1, 0.15) is 18.4 Å². The van der Waals surface area contributed by atoms with Crippen LogP contribution in [0.15, 0.2) is 24.3 Å². The Balaban J connectivity index is 2.39. The third-order valence-corrected chi connectivity index (χ3v) is 2.46. The van der Waals surface area contributed by atoms with E-state index in [2.05, 4.69) is 10.6 Å². The largest absolute Gasteiger partial charge is 0.481 e. The Morgan fingerprint density at radius 3 is 2.57 bits per heavy atom. The summed E-state index contributed by atoms with van der Waals surface area (Å²) in [6.07, 6.45) is -5.57. The Kier molecular flexibility index (Phi) is 6.01. The fraction of sp³-hybridized carbons (Fsp3) is 0.385. The number of aliphatic carboxylic acids is 1. The average Bonchev–Trinajstić information content (AvgIpc) is 2.33. The number of hydrogen-bond donors (Lipinski definition) is 3. The predicted octanol–water partition coefficient (Wildman–Crippen LogP) is 2.78. The van der Waals surface area contributed by atoms with E-state index in [-0.39, 0.29) is 19.4 Å². The highest BCUT2D eigenvalue weighted by Crippen LogP contribution is 2.20. The number of carboxylic acids is 1. The highest BCUT2D eigenvalue weighted by Gasteiger charge is 2.25. The van der Waals surface area contributed by atoms with Crippen LogP contribution in [-0.4, -0.2) is 29.8 Å². The summed E-state index contributed by atoms with van der Waals surface area (Å²) in [6.45, 7) is -0.0971. The molecule has 3 N–H and O–H groups in total. The molecule has 0 heterocycles. The molecule has 0 saturated heterocycles. The molecule has 2 amide bonds. The van der Waals surface area contributed by atoms with E-state index in [1.807, 2.05) is 0 Å². The molecule has 0 atom stereocenters. The van der Waals surface area contributed by atoms with Crippen molar-refractivity contribution in [3.8, 4) is 0 Å². The van der Waals surface area contributed by atoms with Crippen molar-refractivity contribution in [2.24, 2.45) is 0 Å². The summed E-state index contributed by atoms with van der Waals surface area (Å²) in [5, 5.41) is 13.4. The zero-order chi connectivity index (χ0) is 15.9. The molecule has 1 aromatic rings. The Labute approximate surface area is 119 Å². The van der Waals surface area contributed by atoms with Gasteiger partial charge in [0.2, 0.25) is 0 Å². The van der Waals surface area contributed by atoms with Gasteiger partial charge in [-0.15, -0.1) is 0 Å². The summed E-state index contributed by atoms with van der Waals surface area (Å²) < 4.78 is 35.7. The van der Waals surface area contributed by atoms with Gasteiger partial charge < -0.3 is 15.7 Å². The van der Waals surface area contributed by atoms with Crippen molar-refractivity contribution in [3.63, 3.8) is 0 Å². The predicted molar refractivity (Wildman–Crippen MR) is 70.1 cm³/mol. The van der Waals surface area contributed by atoms with Crippen molar-refractivity contribution in [2.75, 3.05) is 11.9 Å². The second kappa shape index (κ2) is 7.51. The van der Waals surface area contributed by atoms with E-state index < -0.39 is 24.6 Å². The van der Waals surface area contributed by atoms with Crippen molar-refractivity contribution in [2.45, 2.75) is 25.4 Å². The fourth-order valence-electron chi connectivity index (χ4n) is 1.60. The normalized spacial score (nSPS) is 11.0. The lowest BCUT2D eigenvalue weighted by molar-refractivity contribution is -0.136. The number of nitrogens with one attached hydrogen (secondary N) is 2. The molecule has 0 aliphatic carbocycles. The molecule has 0 aliphatic heterocycles. The van der Waals surface area contributed by atoms with E-state index in [4.69, 9.17) is 5.11 Å². The van der Waals surface area contributed by atoms with E-state index in [1.165, 1.54) is 6.07 Å². The number of anilines is 1. The second-order valence-electron chi connectivity index (χ2n) is 4.37. The lowest BCUT2D eigenvalue weighted by Gasteiger charge is -2.09. The number of carbonyl (C=O) groups excluding carboxylic acids is 1. The first-order chi connectivity index (χ1) is 9.76. The van der Waals surface area contributed by atoms with Gasteiger partial charge in [-0.1, -0.05) is 12.1 Å². The van der Waals surface area contributed by atoms with Crippen molar-refractivity contribution in [1.82, 2.24) is 5.32 Å². The standard InChI is InChI=1S/C13H15F3N2O3/c14-13(15,16)5-2-6-17-12(21)18-10-4-1-3-9(7-10)8-11(19)20/h1,3-4,7H,2,5-6,8H2,(H,19,20)(H2,17,18,21). The first-order valence-corrected chi connectivity index (χ1v) is 6.18. The van der Waals surface area contributed by atoms with Crippen LogP contribution in [0, 0.1) is 0 Å². The van der Waals surface area contributed by atoms with E-state index in [0.717, 1.165) is 0 Å². The molecule has 1 aromatic carbocycles. The number of halogens is 3. The van der Waals surface area contributed by atoms with E-state index >= 15 is 0 Å². The van der Waals surface area contributed by atoms with Gasteiger partial charge in [0.15, 0.2) is 0 Å². The number of carbonyl (C=O) groups is 2. The highest BCUT2D eigenvalue weighted by molar-refractivity contribution is 5.89. The lowest BCUT2D eigenvalue weighted by atomic mass is 10.1. The van der Waals surface area contributed by atoms with Crippen molar-refractivity contribution < 1.29 is 27.9 Å². The van der Waals surface area contributed by atoms with E-state index in [9.17, 15) is 22.8 Å². The van der Waals surface area contributed by atoms with Crippen LogP contribution in [0.3, 0.4) is 0 Å². The van der Waals surface area contributed by atoms with Gasteiger partial charge in [0, 0.05) is 18.7 Å². The summed E-state index contributed by atoms with van der Waals surface area (Å²) in [5.74, 6) is -0.997. The minimum Gasteiger partial charge on any atom is -0.481 e. The van der Waals surface area contributed by atoms with Crippen LogP contribution in [-0.2, 0) is 11.2 Å². The Bertz CT molecular complexity index is 504. The molecule has 0 aromatic heterocycles. The second-order valence-corrected chi connectivity index (χ2v) is 4.37. The van der Waals surface area contributed by atoms with Crippen LogP contribution in [0.5, 0.6) is 0 Å². The zero-order valence-electron chi connectivity index (χ0n) is 11.0. The Hall–Kier alpha value is -2.25. The minimum atomic E-state index is -4.23. The fourth-order valence-corrected chi connectivity index (χ4v) is 1.60. The summed E-state index contributed by atoms with van der Waals surface area (Å²) in [7, 11) is 0. The number of hydrogen-bond acceptors (Lipinski definition) is 2. The molecule has 116 valence electrons. The SMILES string of the molecule is O=C(O)Cc1cccc(NC(=O)NCCCC(F)(F)F)c1.